The fraction of sp³-hybridized carbons (Fsp3) is 0.360. The number of hydrogen-bond acceptors (Lipinski definition) is 16. The van der Waals surface area contributed by atoms with Crippen LogP contribution in [0.2, 0.25) is 0 Å². The van der Waals surface area contributed by atoms with E-state index in [0.29, 0.717) is 0 Å². The second-order valence-corrected chi connectivity index (χ2v) is 8.66. The molecule has 1 N–H and O–H groups in total. The van der Waals surface area contributed by atoms with Crippen molar-refractivity contribution < 1.29 is 67.3 Å². The van der Waals surface area contributed by atoms with Gasteiger partial charge in [-0.3, -0.25) is 29.8 Å². The van der Waals surface area contributed by atoms with Crippen LogP contribution in [0.4, 0.5) is 16.2 Å². The molecule has 1 fully saturated rings. The number of carbonyl (C=O) groups excluding carboxylic acids is 4. The third kappa shape index (κ3) is 8.33. The number of rotatable bonds is 10. The molecule has 3 rings (SSSR count). The molecule has 230 valence electrons. The third-order valence-corrected chi connectivity index (χ3v) is 5.62. The largest absolute Gasteiger partial charge is 0.514 e. The summed E-state index contributed by atoms with van der Waals surface area (Å²) in [6.07, 6.45) is -10.1. The van der Waals surface area contributed by atoms with Crippen LogP contribution in [0.3, 0.4) is 0 Å². The molecule has 0 radical (unpaired) electrons. The number of nitro groups is 2. The van der Waals surface area contributed by atoms with Gasteiger partial charge >= 0.3 is 29.8 Å². The summed E-state index contributed by atoms with van der Waals surface area (Å²) in [6.45, 7) is 1.49. The Labute approximate surface area is 241 Å². The first-order valence-corrected chi connectivity index (χ1v) is 12.1. The number of hydrogen-bond donors (Lipinski definition) is 1. The summed E-state index contributed by atoms with van der Waals surface area (Å²) in [5.41, 5.74) is -0.806. The fourth-order valence-electron chi connectivity index (χ4n) is 3.80. The van der Waals surface area contributed by atoms with Crippen LogP contribution in [0.1, 0.15) is 19.4 Å². The predicted molar refractivity (Wildman–Crippen MR) is 135 cm³/mol. The molecule has 1 aliphatic heterocycles. The Hall–Kier alpha value is -5.36. The first-order valence-electron chi connectivity index (χ1n) is 12.1. The van der Waals surface area contributed by atoms with Crippen molar-refractivity contribution in [3.8, 4) is 11.5 Å². The van der Waals surface area contributed by atoms with E-state index in [2.05, 4.69) is 4.74 Å². The predicted octanol–water partition coefficient (Wildman–Crippen LogP) is 1.72. The molecule has 18 nitrogen and oxygen atoms in total. The average molecular weight is 608 g/mol. The molecule has 43 heavy (non-hydrogen) atoms. The number of non-ortho nitro benzene ring substituents is 1. The van der Waals surface area contributed by atoms with Crippen LogP contribution in [0.15, 0.2) is 42.5 Å². The van der Waals surface area contributed by atoms with Gasteiger partial charge in [0.25, 0.3) is 5.69 Å². The van der Waals surface area contributed by atoms with E-state index in [-0.39, 0.29) is 17.0 Å². The Morgan fingerprint density at radius 3 is 2.12 bits per heavy atom. The van der Waals surface area contributed by atoms with Gasteiger partial charge in [-0.25, -0.2) is 9.59 Å². The zero-order valence-electron chi connectivity index (χ0n) is 22.6. The number of benzene rings is 2. The van der Waals surface area contributed by atoms with E-state index in [0.717, 1.165) is 45.2 Å². The number of aliphatic hydroxyl groups is 1. The van der Waals surface area contributed by atoms with Crippen LogP contribution in [0.25, 0.3) is 0 Å². The first kappa shape index (κ1) is 32.2. The van der Waals surface area contributed by atoms with Crippen molar-refractivity contribution in [2.24, 2.45) is 0 Å². The minimum Gasteiger partial charge on any atom is -0.467 e. The van der Waals surface area contributed by atoms with Crippen LogP contribution in [-0.2, 0) is 44.7 Å². The number of aliphatic hydroxyl groups excluding tert-OH is 1. The lowest BCUT2D eigenvalue weighted by atomic mass is 9.98. The van der Waals surface area contributed by atoms with E-state index >= 15 is 0 Å². The Morgan fingerprint density at radius 1 is 0.930 bits per heavy atom. The van der Waals surface area contributed by atoms with Crippen molar-refractivity contribution in [2.45, 2.75) is 51.2 Å². The lowest BCUT2D eigenvalue weighted by Crippen LogP contribution is -2.63. The third-order valence-electron chi connectivity index (χ3n) is 5.62. The van der Waals surface area contributed by atoms with Crippen molar-refractivity contribution in [1.29, 1.82) is 0 Å². The number of carbonyl (C=O) groups is 4. The maximum absolute atomic E-state index is 12.4. The lowest BCUT2D eigenvalue weighted by molar-refractivity contribution is -0.387. The molecule has 0 amide bonds. The normalized spacial score (nSPS) is 21.1. The highest BCUT2D eigenvalue weighted by Gasteiger charge is 2.54. The Balaban J connectivity index is 1.77. The summed E-state index contributed by atoms with van der Waals surface area (Å²) in [5, 5.41) is 33.4. The number of nitrogens with zero attached hydrogens (tertiary/aromatic N) is 2. The summed E-state index contributed by atoms with van der Waals surface area (Å²) in [7, 11) is 0.992. The average Bonchev–Trinajstić information content (AvgIpc) is 2.95. The summed E-state index contributed by atoms with van der Waals surface area (Å²) in [5.74, 6) is -3.44. The van der Waals surface area contributed by atoms with Crippen molar-refractivity contribution >= 4 is 35.4 Å². The fourth-order valence-corrected chi connectivity index (χ4v) is 3.80. The van der Waals surface area contributed by atoms with E-state index < -0.39 is 82.7 Å². The van der Waals surface area contributed by atoms with Crippen molar-refractivity contribution in [1.82, 2.24) is 0 Å². The van der Waals surface area contributed by atoms with Gasteiger partial charge in [0, 0.05) is 32.0 Å². The van der Waals surface area contributed by atoms with Gasteiger partial charge in [0.1, 0.15) is 12.4 Å². The summed E-state index contributed by atoms with van der Waals surface area (Å²) < 4.78 is 35.5. The van der Waals surface area contributed by atoms with E-state index in [1.165, 1.54) is 18.2 Å². The second kappa shape index (κ2) is 14.0. The SMILES string of the molecule is COC(=O)[C@H]1O[C@@H](Oc2ccc(COC(=O)Oc3ccc([N+](=O)[O-])cc3)cc2[N+](=O)[O-])[C@H](O)[C@@H](OC(C)=O)[C@@H]1OC(C)=O. The quantitative estimate of drug-likeness (QED) is 0.133. The van der Waals surface area contributed by atoms with E-state index in [1.807, 2.05) is 0 Å². The summed E-state index contributed by atoms with van der Waals surface area (Å²) >= 11 is 0. The highest BCUT2D eigenvalue weighted by atomic mass is 16.7. The molecule has 1 heterocycles. The van der Waals surface area contributed by atoms with E-state index in [9.17, 15) is 44.5 Å². The molecule has 18 heteroatoms. The zero-order valence-corrected chi connectivity index (χ0v) is 22.6. The molecule has 0 unspecified atom stereocenters. The minimum absolute atomic E-state index is 0.0513. The number of nitro benzene ring substituents is 2. The second-order valence-electron chi connectivity index (χ2n) is 8.66. The van der Waals surface area contributed by atoms with Gasteiger partial charge in [-0.15, -0.1) is 0 Å². The Bertz CT molecular complexity index is 1390. The Kier molecular flexibility index (Phi) is 10.5. The van der Waals surface area contributed by atoms with Gasteiger partial charge in [-0.1, -0.05) is 6.07 Å². The van der Waals surface area contributed by atoms with Crippen molar-refractivity contribution in [3.05, 3.63) is 68.3 Å². The molecular formula is C25H24N2O16. The smallest absolute Gasteiger partial charge is 0.467 e. The molecule has 1 aliphatic rings. The van der Waals surface area contributed by atoms with E-state index in [4.69, 9.17) is 28.4 Å². The summed E-state index contributed by atoms with van der Waals surface area (Å²) in [6, 6.07) is 7.88. The topological polar surface area (TPSA) is 239 Å². The van der Waals surface area contributed by atoms with E-state index in [1.54, 1.807) is 0 Å². The minimum atomic E-state index is -1.91. The van der Waals surface area contributed by atoms with Crippen LogP contribution in [0, 0.1) is 20.2 Å². The van der Waals surface area contributed by atoms with Gasteiger partial charge in [0.2, 0.25) is 6.29 Å². The molecule has 2 aromatic rings. The van der Waals surface area contributed by atoms with Gasteiger partial charge in [0.15, 0.2) is 30.2 Å². The highest BCUT2D eigenvalue weighted by Crippen LogP contribution is 2.34. The van der Waals surface area contributed by atoms with Gasteiger partial charge in [0.05, 0.1) is 17.0 Å². The van der Waals surface area contributed by atoms with Crippen LogP contribution >= 0.6 is 0 Å². The molecule has 0 saturated carbocycles. The Morgan fingerprint density at radius 2 is 1.56 bits per heavy atom. The van der Waals surface area contributed by atoms with Crippen LogP contribution in [-0.4, -0.2) is 76.8 Å². The van der Waals surface area contributed by atoms with Gasteiger partial charge < -0.3 is 38.3 Å². The number of ether oxygens (including phenoxy) is 7. The van der Waals surface area contributed by atoms with Crippen LogP contribution < -0.4 is 9.47 Å². The van der Waals surface area contributed by atoms with Crippen molar-refractivity contribution in [3.63, 3.8) is 0 Å². The molecule has 1 saturated heterocycles. The first-order chi connectivity index (χ1) is 20.3. The maximum Gasteiger partial charge on any atom is 0.514 e. The molecule has 0 bridgehead atoms. The van der Waals surface area contributed by atoms with Crippen LogP contribution in [0.5, 0.6) is 11.5 Å². The maximum atomic E-state index is 12.4. The standard InChI is InChI=1S/C25H24N2O16/c1-12(28)39-20-19(30)24(43-22(23(31)37-3)21(20)40-13(2)29)42-18-9-4-14(10-17(18)27(35)36)11-38-25(32)41-16-7-5-15(6-8-16)26(33)34/h4-10,19-22,24,30H,11H2,1-3H3/t19-,20-,21+,22+,24-/m1/s1. The molecule has 5 atom stereocenters. The van der Waals surface area contributed by atoms with Gasteiger partial charge in [-0.2, -0.15) is 0 Å². The molecule has 0 aliphatic carbocycles. The molecule has 2 aromatic carbocycles. The van der Waals surface area contributed by atoms with Gasteiger partial charge in [-0.05, 0) is 23.8 Å². The number of methoxy groups -OCH3 is 1. The van der Waals surface area contributed by atoms with Crippen molar-refractivity contribution in [2.75, 3.05) is 7.11 Å². The molecular weight excluding hydrogens is 584 g/mol. The zero-order chi connectivity index (χ0) is 31.8. The highest BCUT2D eigenvalue weighted by molar-refractivity contribution is 5.77. The summed E-state index contributed by atoms with van der Waals surface area (Å²) in [4.78, 5) is 68.8. The molecule has 0 aromatic heterocycles. The molecule has 0 spiro atoms. The monoisotopic (exact) mass is 608 g/mol. The number of esters is 3. The lowest BCUT2D eigenvalue weighted by Gasteiger charge is -2.41.